The molecule has 0 aliphatic heterocycles. The second-order valence-electron chi connectivity index (χ2n) is 22.5. The van der Waals surface area contributed by atoms with Crippen LogP contribution in [0.4, 0.5) is 17.6 Å². The number of hydrogen-bond donors (Lipinski definition) is 0. The Morgan fingerprint density at radius 2 is 0.794 bits per heavy atom. The highest BCUT2D eigenvalue weighted by molar-refractivity contribution is 5.33. The van der Waals surface area contributed by atoms with E-state index in [0.717, 1.165) is 102 Å². The predicted octanol–water partition coefficient (Wildman–Crippen LogP) is 19.1. The standard InChI is InChI=1S/C58H94F4O/c1-3-5-7-9-11-13-15-19-25-47-27-31-51(32-28-47)55(37-21-17-22-38-55)57(61)41-35-49(53(59)43-57)45-63-46-50-36-42-58(62,44-54(50)60)56(39-23-18-24-40-56)52-33-29-48(30-34-52)26-20-16-14-12-10-8-6-4-2/h35-36,41-44,47-52H,3-34,37-40,45-46H2,1-2H3/t47?,48?,49-,50-,51?,52?,57+,58+/m0/s1. The normalized spacial score (nSPS) is 33.2. The van der Waals surface area contributed by atoms with Gasteiger partial charge in [0.05, 0.1) is 25.0 Å². The van der Waals surface area contributed by atoms with Gasteiger partial charge in [-0.05, 0) is 99.3 Å². The van der Waals surface area contributed by atoms with Gasteiger partial charge in [0.15, 0.2) is 11.3 Å². The Kier molecular flexibility index (Phi) is 20.8. The van der Waals surface area contributed by atoms with Crippen LogP contribution in [0.25, 0.3) is 0 Å². The van der Waals surface area contributed by atoms with Crippen LogP contribution in [0.5, 0.6) is 0 Å². The third-order valence-electron chi connectivity index (χ3n) is 18.3. The van der Waals surface area contributed by atoms with E-state index in [0.29, 0.717) is 0 Å². The second-order valence-corrected chi connectivity index (χ2v) is 22.5. The molecule has 4 saturated carbocycles. The fourth-order valence-electron chi connectivity index (χ4n) is 14.3. The van der Waals surface area contributed by atoms with Gasteiger partial charge in [-0.3, -0.25) is 0 Å². The Balaban J connectivity index is 0.964. The van der Waals surface area contributed by atoms with Crippen LogP contribution in [0.2, 0.25) is 0 Å². The van der Waals surface area contributed by atoms with Gasteiger partial charge in [-0.1, -0.05) is 206 Å². The van der Waals surface area contributed by atoms with E-state index >= 15 is 17.6 Å². The van der Waals surface area contributed by atoms with Crippen LogP contribution >= 0.6 is 0 Å². The smallest absolute Gasteiger partial charge is 0.155 e. The van der Waals surface area contributed by atoms with Crippen molar-refractivity contribution in [1.29, 1.82) is 0 Å². The van der Waals surface area contributed by atoms with Crippen LogP contribution in [0.3, 0.4) is 0 Å². The van der Waals surface area contributed by atoms with Crippen LogP contribution in [-0.4, -0.2) is 24.6 Å². The summed E-state index contributed by atoms with van der Waals surface area (Å²) < 4.78 is 73.1. The molecule has 360 valence electrons. The molecule has 63 heavy (non-hydrogen) atoms. The number of halogens is 4. The lowest BCUT2D eigenvalue weighted by atomic mass is 9.53. The van der Waals surface area contributed by atoms with Crippen LogP contribution in [0, 0.1) is 46.3 Å². The van der Waals surface area contributed by atoms with E-state index in [-0.39, 0.29) is 25.0 Å². The lowest BCUT2D eigenvalue weighted by Crippen LogP contribution is -2.51. The Morgan fingerprint density at radius 3 is 1.13 bits per heavy atom. The van der Waals surface area contributed by atoms with E-state index in [4.69, 9.17) is 4.74 Å². The van der Waals surface area contributed by atoms with E-state index in [1.165, 1.54) is 153 Å². The lowest BCUT2D eigenvalue weighted by molar-refractivity contribution is -0.0445. The van der Waals surface area contributed by atoms with Gasteiger partial charge < -0.3 is 4.74 Å². The molecule has 4 fully saturated rings. The quantitative estimate of drug-likeness (QED) is 0.0478. The Morgan fingerprint density at radius 1 is 0.460 bits per heavy atom. The van der Waals surface area contributed by atoms with Crippen LogP contribution in [0.15, 0.2) is 48.1 Å². The summed E-state index contributed by atoms with van der Waals surface area (Å²) >= 11 is 0. The highest BCUT2D eigenvalue weighted by atomic mass is 19.2. The number of alkyl halides is 2. The average molecular weight is 883 g/mol. The maximum absolute atomic E-state index is 17.5. The van der Waals surface area contributed by atoms with Crippen LogP contribution in [0.1, 0.15) is 245 Å². The number of unbranched alkanes of at least 4 members (excludes halogenated alkanes) is 14. The van der Waals surface area contributed by atoms with Crippen LogP contribution in [-0.2, 0) is 4.74 Å². The molecule has 0 N–H and O–H groups in total. The van der Waals surface area contributed by atoms with Crippen molar-refractivity contribution in [2.24, 2.45) is 46.3 Å². The number of allylic oxidation sites excluding steroid dienone is 4. The maximum Gasteiger partial charge on any atom is 0.155 e. The summed E-state index contributed by atoms with van der Waals surface area (Å²) in [6.07, 6.45) is 52.1. The fourth-order valence-corrected chi connectivity index (χ4v) is 14.3. The summed E-state index contributed by atoms with van der Waals surface area (Å²) in [7, 11) is 0. The average Bonchev–Trinajstić information content (AvgIpc) is 3.30. The highest BCUT2D eigenvalue weighted by Gasteiger charge is 2.57. The molecule has 0 aromatic carbocycles. The van der Waals surface area contributed by atoms with Crippen molar-refractivity contribution in [2.75, 3.05) is 13.2 Å². The molecule has 6 aliphatic rings. The van der Waals surface area contributed by atoms with Crippen molar-refractivity contribution < 1.29 is 22.3 Å². The van der Waals surface area contributed by atoms with E-state index in [1.54, 1.807) is 24.3 Å². The van der Waals surface area contributed by atoms with Crippen LogP contribution < -0.4 is 0 Å². The highest BCUT2D eigenvalue weighted by Crippen LogP contribution is 2.61. The van der Waals surface area contributed by atoms with Gasteiger partial charge in [-0.25, -0.2) is 17.6 Å². The first-order valence-electron chi connectivity index (χ1n) is 27.8. The number of hydrogen-bond acceptors (Lipinski definition) is 1. The summed E-state index contributed by atoms with van der Waals surface area (Å²) in [6, 6.07) is 0. The van der Waals surface area contributed by atoms with Gasteiger partial charge in [0.1, 0.15) is 11.7 Å². The van der Waals surface area contributed by atoms with E-state index in [9.17, 15) is 0 Å². The van der Waals surface area contributed by atoms with E-state index in [1.807, 2.05) is 0 Å². The molecule has 6 rings (SSSR count). The first-order valence-corrected chi connectivity index (χ1v) is 27.8. The van der Waals surface area contributed by atoms with Gasteiger partial charge >= 0.3 is 0 Å². The van der Waals surface area contributed by atoms with Crippen molar-refractivity contribution >= 4 is 0 Å². The zero-order valence-corrected chi connectivity index (χ0v) is 40.7. The maximum atomic E-state index is 17.5. The zero-order valence-electron chi connectivity index (χ0n) is 40.7. The summed E-state index contributed by atoms with van der Waals surface area (Å²) in [5, 5.41) is 0. The Labute approximate surface area is 385 Å². The molecule has 5 heteroatoms. The van der Waals surface area contributed by atoms with E-state index in [2.05, 4.69) is 13.8 Å². The van der Waals surface area contributed by atoms with Gasteiger partial charge in [0.2, 0.25) is 0 Å². The molecule has 0 bridgehead atoms. The molecule has 0 heterocycles. The van der Waals surface area contributed by atoms with Gasteiger partial charge in [-0.15, -0.1) is 0 Å². The first-order chi connectivity index (χ1) is 30.7. The Bertz CT molecular complexity index is 1310. The molecule has 0 amide bonds. The molecule has 0 unspecified atom stereocenters. The molecule has 0 aromatic rings. The molecule has 0 radical (unpaired) electrons. The molecule has 6 aliphatic carbocycles. The van der Waals surface area contributed by atoms with Gasteiger partial charge in [-0.2, -0.15) is 0 Å². The molecule has 1 nitrogen and oxygen atoms in total. The minimum absolute atomic E-state index is 0.0241. The fraction of sp³-hybridized carbons (Fsp3) is 0.862. The van der Waals surface area contributed by atoms with Crippen molar-refractivity contribution in [3.05, 3.63) is 48.1 Å². The topological polar surface area (TPSA) is 9.23 Å². The minimum atomic E-state index is -1.80. The SMILES string of the molecule is CCCCCCCCCCC1CCC(C2([C@@]3(F)C=C[C@@H](COC[C@@H]4C=C[C@](F)(C5(C6CCC(CCCCCCCCCC)CC6)CCCCC5)C=C4F)C(F)=C3)CCCCC2)CC1. The van der Waals surface area contributed by atoms with Gasteiger partial charge in [0.25, 0.3) is 0 Å². The largest absolute Gasteiger partial charge is 0.379 e. The van der Waals surface area contributed by atoms with Crippen molar-refractivity contribution in [3.8, 4) is 0 Å². The van der Waals surface area contributed by atoms with E-state index < -0.39 is 45.7 Å². The molecule has 0 aromatic heterocycles. The molecule has 4 atom stereocenters. The van der Waals surface area contributed by atoms with Crippen molar-refractivity contribution in [2.45, 2.75) is 256 Å². The minimum Gasteiger partial charge on any atom is -0.379 e. The van der Waals surface area contributed by atoms with Gasteiger partial charge in [0, 0.05) is 10.8 Å². The van der Waals surface area contributed by atoms with Crippen molar-refractivity contribution in [3.63, 3.8) is 0 Å². The summed E-state index contributed by atoms with van der Waals surface area (Å²) in [4.78, 5) is 0. The summed E-state index contributed by atoms with van der Waals surface area (Å²) in [5.74, 6) is -0.234. The first kappa shape index (κ1) is 51.0. The summed E-state index contributed by atoms with van der Waals surface area (Å²) in [5.41, 5.74) is -4.68. The number of ether oxygens (including phenoxy) is 1. The molecule has 0 spiro atoms. The lowest BCUT2D eigenvalue weighted by Gasteiger charge is -2.53. The molecule has 0 saturated heterocycles. The monoisotopic (exact) mass is 883 g/mol. The third-order valence-corrected chi connectivity index (χ3v) is 18.3. The molecular weight excluding hydrogens is 789 g/mol. The predicted molar refractivity (Wildman–Crippen MR) is 259 cm³/mol. The Hall–Kier alpha value is -1.36. The number of rotatable bonds is 26. The zero-order chi connectivity index (χ0) is 44.4. The third kappa shape index (κ3) is 13.4. The van der Waals surface area contributed by atoms with Crippen molar-refractivity contribution in [1.82, 2.24) is 0 Å². The molecular formula is C58H94F4O. The second kappa shape index (κ2) is 25.7. The summed E-state index contributed by atoms with van der Waals surface area (Å²) in [6.45, 7) is 4.59.